The molecule has 0 saturated carbocycles. The van der Waals surface area contributed by atoms with E-state index in [0.29, 0.717) is 13.2 Å². The summed E-state index contributed by atoms with van der Waals surface area (Å²) in [5.74, 6) is 0.916. The predicted octanol–water partition coefficient (Wildman–Crippen LogP) is 2.09. The fourth-order valence-electron chi connectivity index (χ4n) is 2.64. The van der Waals surface area contributed by atoms with E-state index in [4.69, 9.17) is 9.47 Å². The van der Waals surface area contributed by atoms with E-state index in [9.17, 15) is 0 Å². The molecule has 1 aliphatic heterocycles. The summed E-state index contributed by atoms with van der Waals surface area (Å²) in [4.78, 5) is 7.16. The molecular weight excluding hydrogens is 419 g/mol. The molecule has 0 aromatic heterocycles. The van der Waals surface area contributed by atoms with Gasteiger partial charge < -0.3 is 25.0 Å². The Labute approximate surface area is 165 Å². The molecule has 0 spiro atoms. The summed E-state index contributed by atoms with van der Waals surface area (Å²) in [6, 6.07) is 0. The van der Waals surface area contributed by atoms with E-state index in [1.165, 1.54) is 38.8 Å². The zero-order valence-electron chi connectivity index (χ0n) is 15.5. The van der Waals surface area contributed by atoms with E-state index in [1.807, 2.05) is 0 Å². The van der Waals surface area contributed by atoms with Crippen LogP contribution in [-0.2, 0) is 9.47 Å². The minimum atomic E-state index is 0. The van der Waals surface area contributed by atoms with E-state index in [1.54, 1.807) is 7.11 Å². The van der Waals surface area contributed by atoms with Crippen molar-refractivity contribution in [2.45, 2.75) is 39.0 Å². The Bertz CT molecular complexity index is 298. The molecular formula is C17H37IN4O2. The smallest absolute Gasteiger partial charge is 0.191 e. The number of rotatable bonds is 11. The van der Waals surface area contributed by atoms with Crippen LogP contribution < -0.4 is 10.6 Å². The summed E-state index contributed by atoms with van der Waals surface area (Å²) in [5.41, 5.74) is 0. The normalized spacial score (nSPS) is 16.3. The van der Waals surface area contributed by atoms with E-state index in [2.05, 4.69) is 27.4 Å². The largest absolute Gasteiger partial charge is 0.382 e. The molecule has 1 aliphatic rings. The maximum Gasteiger partial charge on any atom is 0.191 e. The number of nitrogens with zero attached hydrogens (tertiary/aromatic N) is 2. The van der Waals surface area contributed by atoms with Crippen LogP contribution in [0.3, 0.4) is 0 Å². The van der Waals surface area contributed by atoms with E-state index < -0.39 is 0 Å². The molecule has 0 bridgehead atoms. The number of methoxy groups -OCH3 is 1. The zero-order valence-corrected chi connectivity index (χ0v) is 17.8. The van der Waals surface area contributed by atoms with Gasteiger partial charge >= 0.3 is 0 Å². The average Bonchev–Trinajstić information content (AvgIpc) is 2.83. The maximum absolute atomic E-state index is 5.45. The summed E-state index contributed by atoms with van der Waals surface area (Å²) in [5, 5.41) is 6.74. The van der Waals surface area contributed by atoms with Crippen molar-refractivity contribution in [3.05, 3.63) is 0 Å². The van der Waals surface area contributed by atoms with Gasteiger partial charge in [-0.2, -0.15) is 0 Å². The lowest BCUT2D eigenvalue weighted by Gasteiger charge is -2.20. The lowest BCUT2D eigenvalue weighted by Crippen LogP contribution is -2.42. The van der Waals surface area contributed by atoms with Crippen molar-refractivity contribution in [3.63, 3.8) is 0 Å². The van der Waals surface area contributed by atoms with Crippen LogP contribution in [0.4, 0.5) is 0 Å². The van der Waals surface area contributed by atoms with Crippen LogP contribution in [0.2, 0.25) is 0 Å². The van der Waals surface area contributed by atoms with Crippen molar-refractivity contribution >= 4 is 29.9 Å². The summed E-state index contributed by atoms with van der Waals surface area (Å²) >= 11 is 0. The molecule has 7 heteroatoms. The molecule has 0 aromatic carbocycles. The molecule has 0 atom stereocenters. The standard InChI is InChI=1S/C17H36N4O2.HI/c1-3-18-17(19-9-8-14-23-16-15-22-2)20-10-13-21-11-6-4-5-7-12-21;/h3-16H2,1-2H3,(H2,18,19,20);1H. The second-order valence-corrected chi connectivity index (χ2v) is 5.90. The average molecular weight is 456 g/mol. The molecule has 2 N–H and O–H groups in total. The minimum absolute atomic E-state index is 0. The number of hydrogen-bond acceptors (Lipinski definition) is 4. The first kappa shape index (κ1) is 23.9. The molecule has 1 rings (SSSR count). The monoisotopic (exact) mass is 456 g/mol. The van der Waals surface area contributed by atoms with Gasteiger partial charge in [0.05, 0.1) is 13.2 Å². The highest BCUT2D eigenvalue weighted by atomic mass is 127. The van der Waals surface area contributed by atoms with Crippen LogP contribution in [0.5, 0.6) is 0 Å². The van der Waals surface area contributed by atoms with Gasteiger partial charge in [0.25, 0.3) is 0 Å². The maximum atomic E-state index is 5.45. The number of likely N-dealkylation sites (tertiary alicyclic amines) is 1. The highest BCUT2D eigenvalue weighted by Gasteiger charge is 2.08. The van der Waals surface area contributed by atoms with Gasteiger partial charge in [0, 0.05) is 39.9 Å². The summed E-state index contributed by atoms with van der Waals surface area (Å²) in [6.07, 6.45) is 6.40. The van der Waals surface area contributed by atoms with Gasteiger partial charge in [-0.1, -0.05) is 12.8 Å². The van der Waals surface area contributed by atoms with Crippen molar-refractivity contribution in [3.8, 4) is 0 Å². The van der Waals surface area contributed by atoms with Gasteiger partial charge in [-0.15, -0.1) is 24.0 Å². The molecule has 0 unspecified atom stereocenters. The third-order valence-electron chi connectivity index (χ3n) is 3.91. The summed E-state index contributed by atoms with van der Waals surface area (Å²) in [7, 11) is 1.69. The van der Waals surface area contributed by atoms with E-state index in [0.717, 1.165) is 45.2 Å². The van der Waals surface area contributed by atoms with Gasteiger partial charge in [0.2, 0.25) is 0 Å². The van der Waals surface area contributed by atoms with Crippen LogP contribution in [0.1, 0.15) is 39.0 Å². The predicted molar refractivity (Wildman–Crippen MR) is 112 cm³/mol. The zero-order chi connectivity index (χ0) is 16.6. The second-order valence-electron chi connectivity index (χ2n) is 5.90. The fourth-order valence-corrected chi connectivity index (χ4v) is 2.64. The first-order valence-corrected chi connectivity index (χ1v) is 9.18. The number of ether oxygens (including phenoxy) is 2. The molecule has 6 nitrogen and oxygen atoms in total. The van der Waals surface area contributed by atoms with Crippen molar-refractivity contribution in [2.24, 2.45) is 4.99 Å². The molecule has 0 aliphatic carbocycles. The van der Waals surface area contributed by atoms with Gasteiger partial charge in [0.1, 0.15) is 0 Å². The third-order valence-corrected chi connectivity index (χ3v) is 3.91. The SMILES string of the molecule is CCNC(=NCCCOCCOC)NCCN1CCCCCC1.I. The van der Waals surface area contributed by atoms with E-state index >= 15 is 0 Å². The summed E-state index contributed by atoms with van der Waals surface area (Å²) < 4.78 is 10.4. The van der Waals surface area contributed by atoms with Gasteiger partial charge in [-0.3, -0.25) is 4.99 Å². The topological polar surface area (TPSA) is 58.1 Å². The van der Waals surface area contributed by atoms with Crippen LogP contribution in [0.25, 0.3) is 0 Å². The molecule has 24 heavy (non-hydrogen) atoms. The van der Waals surface area contributed by atoms with Crippen molar-refractivity contribution in [1.82, 2.24) is 15.5 Å². The molecule has 1 fully saturated rings. The first-order valence-electron chi connectivity index (χ1n) is 9.18. The number of hydrogen-bond donors (Lipinski definition) is 2. The lowest BCUT2D eigenvalue weighted by atomic mass is 10.2. The van der Waals surface area contributed by atoms with Crippen molar-refractivity contribution in [2.75, 3.05) is 66.2 Å². The molecule has 0 aromatic rings. The Morgan fingerprint density at radius 2 is 1.79 bits per heavy atom. The quantitative estimate of drug-likeness (QED) is 0.216. The number of nitrogens with one attached hydrogen (secondary N) is 2. The van der Waals surface area contributed by atoms with Crippen LogP contribution in [-0.4, -0.2) is 77.1 Å². The number of guanidine groups is 1. The fraction of sp³-hybridized carbons (Fsp3) is 0.941. The Hall–Kier alpha value is -0.120. The van der Waals surface area contributed by atoms with Crippen LogP contribution in [0, 0.1) is 0 Å². The second kappa shape index (κ2) is 17.7. The van der Waals surface area contributed by atoms with Crippen LogP contribution >= 0.6 is 24.0 Å². The lowest BCUT2D eigenvalue weighted by molar-refractivity contribution is 0.0702. The Morgan fingerprint density at radius 3 is 2.46 bits per heavy atom. The summed E-state index contributed by atoms with van der Waals surface area (Å²) in [6.45, 7) is 10.4. The molecule has 144 valence electrons. The van der Waals surface area contributed by atoms with Gasteiger partial charge in [-0.25, -0.2) is 0 Å². The Balaban J connectivity index is 0.00000529. The first-order chi connectivity index (χ1) is 11.4. The number of aliphatic imine (C=N–C) groups is 1. The third kappa shape index (κ3) is 13.2. The van der Waals surface area contributed by atoms with Gasteiger partial charge in [0.15, 0.2) is 5.96 Å². The van der Waals surface area contributed by atoms with Crippen molar-refractivity contribution in [1.29, 1.82) is 0 Å². The highest BCUT2D eigenvalue weighted by molar-refractivity contribution is 14.0. The molecule has 0 radical (unpaired) electrons. The Kier molecular flexibility index (Phi) is 17.6. The molecule has 1 heterocycles. The number of halogens is 1. The molecule has 0 amide bonds. The molecule has 1 saturated heterocycles. The Morgan fingerprint density at radius 1 is 1.04 bits per heavy atom. The van der Waals surface area contributed by atoms with Crippen molar-refractivity contribution < 1.29 is 9.47 Å². The van der Waals surface area contributed by atoms with Crippen LogP contribution in [0.15, 0.2) is 4.99 Å². The highest BCUT2D eigenvalue weighted by Crippen LogP contribution is 2.08. The minimum Gasteiger partial charge on any atom is -0.382 e. The van der Waals surface area contributed by atoms with E-state index in [-0.39, 0.29) is 24.0 Å². The van der Waals surface area contributed by atoms with Gasteiger partial charge in [-0.05, 0) is 39.3 Å².